The van der Waals surface area contributed by atoms with Crippen molar-refractivity contribution < 1.29 is 9.53 Å². The predicted molar refractivity (Wildman–Crippen MR) is 121 cm³/mol. The summed E-state index contributed by atoms with van der Waals surface area (Å²) in [5, 5.41) is 9.80. The maximum absolute atomic E-state index is 12.6. The largest absolute Gasteiger partial charge is 0.489 e. The number of aryl methyl sites for hydroxylation is 1. The highest BCUT2D eigenvalue weighted by molar-refractivity contribution is 7.12. The molecule has 4 aromatic rings. The second-order valence-corrected chi connectivity index (χ2v) is 8.22. The number of thiophene rings is 1. The van der Waals surface area contributed by atoms with Crippen LogP contribution < -0.4 is 10.1 Å². The Balaban J connectivity index is 1.37. The molecule has 2 aromatic heterocycles. The number of benzene rings is 2. The Morgan fingerprint density at radius 1 is 1.17 bits per heavy atom. The first-order chi connectivity index (χ1) is 14.6. The van der Waals surface area contributed by atoms with Crippen molar-refractivity contribution in [2.24, 2.45) is 0 Å². The van der Waals surface area contributed by atoms with Gasteiger partial charge in [0, 0.05) is 28.7 Å². The minimum Gasteiger partial charge on any atom is -0.489 e. The van der Waals surface area contributed by atoms with Crippen molar-refractivity contribution in [3.8, 4) is 5.75 Å². The van der Waals surface area contributed by atoms with Gasteiger partial charge in [0.15, 0.2) is 0 Å². The van der Waals surface area contributed by atoms with E-state index in [1.54, 1.807) is 12.3 Å². The lowest BCUT2D eigenvalue weighted by molar-refractivity contribution is 0.103. The minimum absolute atomic E-state index is 0.134. The second kappa shape index (κ2) is 9.15. The number of halogens is 1. The fourth-order valence-corrected chi connectivity index (χ4v) is 4.05. The first-order valence-electron chi connectivity index (χ1n) is 9.41. The Morgan fingerprint density at radius 3 is 2.87 bits per heavy atom. The molecule has 2 heterocycles. The first-order valence-corrected chi connectivity index (χ1v) is 10.7. The van der Waals surface area contributed by atoms with E-state index in [0.29, 0.717) is 23.1 Å². The summed E-state index contributed by atoms with van der Waals surface area (Å²) in [7, 11) is 0. The molecule has 4 rings (SSSR count). The zero-order chi connectivity index (χ0) is 20.9. The summed E-state index contributed by atoms with van der Waals surface area (Å²) in [5.74, 6) is 0.649. The lowest BCUT2D eigenvalue weighted by Crippen LogP contribution is -2.10. The molecule has 0 bridgehead atoms. The van der Waals surface area contributed by atoms with E-state index in [9.17, 15) is 4.79 Å². The molecule has 0 unspecified atom stereocenters. The van der Waals surface area contributed by atoms with Crippen LogP contribution in [0.3, 0.4) is 0 Å². The molecule has 1 N–H and O–H groups in total. The lowest BCUT2D eigenvalue weighted by atomic mass is 10.2. The third-order valence-corrected chi connectivity index (χ3v) is 5.71. The zero-order valence-corrected chi connectivity index (χ0v) is 17.9. The molecule has 0 spiro atoms. The van der Waals surface area contributed by atoms with Crippen LogP contribution >= 0.6 is 22.9 Å². The van der Waals surface area contributed by atoms with Gasteiger partial charge in [-0.25, -0.2) is 0 Å². The van der Waals surface area contributed by atoms with E-state index in [0.717, 1.165) is 28.1 Å². The number of carbonyl (C=O) groups excluding carboxylic acids is 1. The zero-order valence-electron chi connectivity index (χ0n) is 16.3. The topological polar surface area (TPSA) is 56.1 Å². The van der Waals surface area contributed by atoms with Crippen molar-refractivity contribution in [1.29, 1.82) is 0 Å². The summed E-state index contributed by atoms with van der Waals surface area (Å²) in [6, 6.07) is 17.0. The molecule has 0 aliphatic rings. The van der Waals surface area contributed by atoms with Gasteiger partial charge in [0.05, 0.1) is 11.4 Å². The van der Waals surface area contributed by atoms with Gasteiger partial charge in [-0.2, -0.15) is 5.10 Å². The van der Waals surface area contributed by atoms with Crippen molar-refractivity contribution in [2.75, 3.05) is 5.32 Å². The van der Waals surface area contributed by atoms with E-state index < -0.39 is 0 Å². The van der Waals surface area contributed by atoms with E-state index in [1.807, 2.05) is 71.7 Å². The summed E-state index contributed by atoms with van der Waals surface area (Å²) in [4.78, 5) is 13.3. The normalized spacial score (nSPS) is 10.7. The van der Waals surface area contributed by atoms with E-state index in [4.69, 9.17) is 16.3 Å². The van der Waals surface area contributed by atoms with Gasteiger partial charge in [0.25, 0.3) is 5.91 Å². The van der Waals surface area contributed by atoms with Crippen LogP contribution in [0.5, 0.6) is 5.75 Å². The maximum Gasteiger partial charge on any atom is 0.265 e. The Bertz CT molecular complexity index is 1150. The number of ether oxygens (including phenoxy) is 1. The third-order valence-electron chi connectivity index (χ3n) is 4.50. The molecular weight excluding hydrogens is 418 g/mol. The highest BCUT2D eigenvalue weighted by Gasteiger charge is 2.11. The third kappa shape index (κ3) is 5.09. The summed E-state index contributed by atoms with van der Waals surface area (Å²) in [6.07, 6.45) is 3.66. The molecule has 0 atom stereocenters. The van der Waals surface area contributed by atoms with Crippen molar-refractivity contribution >= 4 is 34.5 Å². The molecule has 152 valence electrons. The van der Waals surface area contributed by atoms with Gasteiger partial charge in [-0.1, -0.05) is 23.7 Å². The number of amides is 1. The van der Waals surface area contributed by atoms with E-state index >= 15 is 0 Å². The number of nitrogens with one attached hydrogen (secondary N) is 1. The molecule has 0 radical (unpaired) electrons. The summed E-state index contributed by atoms with van der Waals surface area (Å²) in [5.41, 5.74) is 3.75. The average molecular weight is 438 g/mol. The molecular formula is C23H20ClN3O2S. The van der Waals surface area contributed by atoms with Crippen LogP contribution in [-0.2, 0) is 13.2 Å². The van der Waals surface area contributed by atoms with Crippen molar-refractivity contribution in [1.82, 2.24) is 9.78 Å². The number of rotatable bonds is 7. The van der Waals surface area contributed by atoms with Crippen molar-refractivity contribution in [3.63, 3.8) is 0 Å². The average Bonchev–Trinajstić information content (AvgIpc) is 3.40. The minimum atomic E-state index is -0.134. The fraction of sp³-hybridized carbons (Fsp3) is 0.130. The highest BCUT2D eigenvalue weighted by Crippen LogP contribution is 2.24. The number of aromatic nitrogens is 2. The second-order valence-electron chi connectivity index (χ2n) is 6.88. The molecule has 2 aromatic carbocycles. The van der Waals surface area contributed by atoms with Gasteiger partial charge in [0.1, 0.15) is 12.4 Å². The Kier molecular flexibility index (Phi) is 6.16. The van der Waals surface area contributed by atoms with E-state index in [2.05, 4.69) is 10.4 Å². The van der Waals surface area contributed by atoms with Gasteiger partial charge in [0.2, 0.25) is 0 Å². The lowest BCUT2D eigenvalue weighted by Gasteiger charge is -2.08. The van der Waals surface area contributed by atoms with Crippen LogP contribution in [-0.4, -0.2) is 15.7 Å². The molecule has 5 nitrogen and oxygen atoms in total. The van der Waals surface area contributed by atoms with Gasteiger partial charge < -0.3 is 10.1 Å². The van der Waals surface area contributed by atoms with Crippen LogP contribution in [0.15, 0.2) is 72.4 Å². The summed E-state index contributed by atoms with van der Waals surface area (Å²) in [6.45, 7) is 3.00. The maximum atomic E-state index is 12.6. The van der Waals surface area contributed by atoms with Crippen molar-refractivity contribution in [2.45, 2.75) is 20.1 Å². The van der Waals surface area contributed by atoms with Gasteiger partial charge in [-0.3, -0.25) is 9.48 Å². The first kappa shape index (κ1) is 20.2. The van der Waals surface area contributed by atoms with Crippen LogP contribution in [0.2, 0.25) is 5.02 Å². The fourth-order valence-electron chi connectivity index (χ4n) is 3.03. The number of hydrogen-bond donors (Lipinski definition) is 1. The van der Waals surface area contributed by atoms with Crippen LogP contribution in [0.1, 0.15) is 26.4 Å². The molecule has 1 amide bonds. The number of anilines is 1. The monoisotopic (exact) mass is 437 g/mol. The molecule has 7 heteroatoms. The molecule has 0 aliphatic carbocycles. The standard InChI is InChI=1S/C23H20ClN3O2S/c1-16-10-19(24)6-7-21(16)29-14-18-12-22(30-15-18)23(28)26-20-5-2-4-17(11-20)13-27-9-3-8-25-27/h2-12,15H,13-14H2,1H3,(H,26,28). The Labute approximate surface area is 183 Å². The smallest absolute Gasteiger partial charge is 0.265 e. The quantitative estimate of drug-likeness (QED) is 0.398. The SMILES string of the molecule is Cc1cc(Cl)ccc1OCc1csc(C(=O)Nc2cccc(Cn3cccn3)c2)c1. The van der Waals surface area contributed by atoms with Crippen molar-refractivity contribution in [3.05, 3.63) is 99.0 Å². The molecule has 0 saturated carbocycles. The van der Waals surface area contributed by atoms with E-state index in [1.165, 1.54) is 11.3 Å². The van der Waals surface area contributed by atoms with E-state index in [-0.39, 0.29) is 5.91 Å². The number of hydrogen-bond acceptors (Lipinski definition) is 4. The molecule has 0 aliphatic heterocycles. The van der Waals surface area contributed by atoms with Gasteiger partial charge in [-0.15, -0.1) is 11.3 Å². The van der Waals surface area contributed by atoms with Crippen LogP contribution in [0, 0.1) is 6.92 Å². The molecule has 30 heavy (non-hydrogen) atoms. The Morgan fingerprint density at radius 2 is 2.07 bits per heavy atom. The number of carbonyl (C=O) groups is 1. The molecule has 0 fully saturated rings. The highest BCUT2D eigenvalue weighted by atomic mass is 35.5. The summed E-state index contributed by atoms with van der Waals surface area (Å²) >= 11 is 7.38. The van der Waals surface area contributed by atoms with Gasteiger partial charge in [-0.05, 0) is 65.9 Å². The summed E-state index contributed by atoms with van der Waals surface area (Å²) < 4.78 is 7.71. The van der Waals surface area contributed by atoms with Gasteiger partial charge >= 0.3 is 0 Å². The van der Waals surface area contributed by atoms with Crippen LogP contribution in [0.25, 0.3) is 0 Å². The Hall–Kier alpha value is -3.09. The molecule has 0 saturated heterocycles. The predicted octanol–water partition coefficient (Wildman–Crippen LogP) is 5.79. The van der Waals surface area contributed by atoms with Crippen LogP contribution in [0.4, 0.5) is 5.69 Å². The number of nitrogens with zero attached hydrogens (tertiary/aromatic N) is 2.